The van der Waals surface area contributed by atoms with E-state index in [0.29, 0.717) is 12.2 Å². The fraction of sp³-hybridized carbons (Fsp3) is 0.545. The van der Waals surface area contributed by atoms with Crippen molar-refractivity contribution in [3.63, 3.8) is 0 Å². The van der Waals surface area contributed by atoms with Crippen LogP contribution in [0.15, 0.2) is 53.6 Å². The Morgan fingerprint density at radius 1 is 0.925 bits per heavy atom. The van der Waals surface area contributed by atoms with Crippen LogP contribution in [0.1, 0.15) is 102 Å². The standard InChI is InChI=1S/C33H47FN2O2S.BrH/c1-3-4-5-6-7-8-9-10-11-12-13-14-22-38-33-29(16-15-17-31(33)34)23-32(37)35-30-20-18-28(19-21-30)25-36-24-27(2)39-26-36;/h15-21,24H,3-14,22-23,25-26H2,1-2H3,(H,35,37);1H. The molecular formula is C33H48BrFN2O2S. The monoisotopic (exact) mass is 634 g/mol. The Morgan fingerprint density at radius 3 is 2.15 bits per heavy atom. The van der Waals surface area contributed by atoms with Gasteiger partial charge in [-0.15, -0.1) is 28.7 Å². The molecule has 0 saturated heterocycles. The number of hydrogen-bond acceptors (Lipinski definition) is 4. The molecule has 7 heteroatoms. The molecule has 0 unspecified atom stereocenters. The lowest BCUT2D eigenvalue weighted by molar-refractivity contribution is -0.115. The number of nitrogens with zero attached hydrogens (tertiary/aromatic N) is 1. The van der Waals surface area contributed by atoms with Crippen molar-refractivity contribution in [3.8, 4) is 5.75 Å². The second-order valence-electron chi connectivity index (χ2n) is 10.6. The molecule has 0 saturated carbocycles. The topological polar surface area (TPSA) is 41.6 Å². The van der Waals surface area contributed by atoms with Crippen LogP contribution in [0.4, 0.5) is 10.1 Å². The first-order valence-corrected chi connectivity index (χ1v) is 15.9. The van der Waals surface area contributed by atoms with E-state index < -0.39 is 5.82 Å². The molecular weight excluding hydrogens is 587 g/mol. The number of halogens is 2. The third kappa shape index (κ3) is 13.1. The number of carbonyl (C=O) groups is 1. The van der Waals surface area contributed by atoms with Crippen molar-refractivity contribution in [1.82, 2.24) is 4.90 Å². The number of allylic oxidation sites excluding steroid dienone is 1. The summed E-state index contributed by atoms with van der Waals surface area (Å²) in [6, 6.07) is 12.7. The van der Waals surface area contributed by atoms with E-state index in [1.807, 2.05) is 36.0 Å². The molecule has 2 aromatic carbocycles. The molecule has 1 aliphatic rings. The highest BCUT2D eigenvalue weighted by atomic mass is 79.9. The Morgan fingerprint density at radius 2 is 1.55 bits per heavy atom. The maximum Gasteiger partial charge on any atom is 0.228 e. The largest absolute Gasteiger partial charge is 0.490 e. The average molecular weight is 636 g/mol. The SMILES string of the molecule is Br.CCCCCCCCCCCCCCOc1c(F)cccc1CC(=O)Nc1ccc(CN2C=C(C)SC2)cc1. The molecule has 1 aliphatic heterocycles. The summed E-state index contributed by atoms with van der Waals surface area (Å²) < 4.78 is 20.4. The lowest BCUT2D eigenvalue weighted by Gasteiger charge is -2.15. The molecule has 40 heavy (non-hydrogen) atoms. The lowest BCUT2D eigenvalue weighted by atomic mass is 10.1. The third-order valence-electron chi connectivity index (χ3n) is 7.09. The summed E-state index contributed by atoms with van der Waals surface area (Å²) in [5.74, 6) is 0.589. The first-order valence-electron chi connectivity index (χ1n) is 14.9. The molecule has 0 spiro atoms. The number of para-hydroxylation sites is 1. The number of amides is 1. The number of benzene rings is 2. The third-order valence-corrected chi connectivity index (χ3v) is 8.11. The van der Waals surface area contributed by atoms with Crippen molar-refractivity contribution in [2.45, 2.75) is 104 Å². The van der Waals surface area contributed by atoms with Gasteiger partial charge in [-0.3, -0.25) is 4.79 Å². The summed E-state index contributed by atoms with van der Waals surface area (Å²) in [7, 11) is 0. The van der Waals surface area contributed by atoms with Crippen molar-refractivity contribution in [2.24, 2.45) is 0 Å². The predicted molar refractivity (Wildman–Crippen MR) is 174 cm³/mol. The minimum atomic E-state index is -0.409. The van der Waals surface area contributed by atoms with E-state index in [-0.39, 0.29) is 35.1 Å². The first-order chi connectivity index (χ1) is 19.0. The van der Waals surface area contributed by atoms with E-state index in [1.54, 1.807) is 12.1 Å². The Bertz CT molecular complexity index is 1030. The van der Waals surface area contributed by atoms with E-state index >= 15 is 0 Å². The number of thioether (sulfide) groups is 1. The number of nitrogens with one attached hydrogen (secondary N) is 1. The van der Waals surface area contributed by atoms with E-state index in [9.17, 15) is 9.18 Å². The first kappa shape index (κ1) is 34.2. The van der Waals surface area contributed by atoms with Gasteiger partial charge in [0.25, 0.3) is 0 Å². The van der Waals surface area contributed by atoms with Crippen LogP contribution < -0.4 is 10.1 Å². The molecule has 0 radical (unpaired) electrons. The Balaban J connectivity index is 0.00000560. The Hall–Kier alpha value is -1.99. The molecule has 0 aromatic heterocycles. The van der Waals surface area contributed by atoms with Crippen molar-refractivity contribution in [2.75, 3.05) is 17.8 Å². The Kier molecular flexibility index (Phi) is 17.1. The van der Waals surface area contributed by atoms with Crippen LogP contribution in [-0.2, 0) is 17.8 Å². The average Bonchev–Trinajstić information content (AvgIpc) is 3.33. The van der Waals surface area contributed by atoms with Gasteiger partial charge in [0.1, 0.15) is 0 Å². The molecule has 1 N–H and O–H groups in total. The van der Waals surface area contributed by atoms with Crippen LogP contribution in [0, 0.1) is 5.82 Å². The minimum Gasteiger partial charge on any atom is -0.490 e. The zero-order valence-electron chi connectivity index (χ0n) is 24.4. The van der Waals surface area contributed by atoms with Crippen molar-refractivity contribution >= 4 is 40.3 Å². The number of anilines is 1. The Labute approximate surface area is 256 Å². The van der Waals surface area contributed by atoms with Gasteiger partial charge in [-0.1, -0.05) is 102 Å². The highest BCUT2D eigenvalue weighted by Gasteiger charge is 2.14. The van der Waals surface area contributed by atoms with Crippen LogP contribution in [0.3, 0.4) is 0 Å². The second-order valence-corrected chi connectivity index (χ2v) is 11.8. The number of ether oxygens (including phenoxy) is 1. The molecule has 0 bridgehead atoms. The summed E-state index contributed by atoms with van der Waals surface area (Å²) in [5, 5.41) is 2.94. The normalized spacial score (nSPS) is 12.7. The van der Waals surface area contributed by atoms with Gasteiger partial charge in [0, 0.05) is 24.0 Å². The van der Waals surface area contributed by atoms with E-state index in [1.165, 1.54) is 80.7 Å². The summed E-state index contributed by atoms with van der Waals surface area (Å²) >= 11 is 1.85. The summed E-state index contributed by atoms with van der Waals surface area (Å²) in [4.78, 5) is 16.3. The smallest absolute Gasteiger partial charge is 0.228 e. The number of carbonyl (C=O) groups excluding carboxylic acids is 1. The van der Waals surface area contributed by atoms with E-state index in [0.717, 1.165) is 31.0 Å². The van der Waals surface area contributed by atoms with Crippen molar-refractivity contribution in [1.29, 1.82) is 0 Å². The van der Waals surface area contributed by atoms with Gasteiger partial charge < -0.3 is 15.0 Å². The van der Waals surface area contributed by atoms with Gasteiger partial charge in [0.05, 0.1) is 18.9 Å². The van der Waals surface area contributed by atoms with Crippen molar-refractivity contribution < 1.29 is 13.9 Å². The lowest BCUT2D eigenvalue weighted by Crippen LogP contribution is -2.16. The molecule has 222 valence electrons. The second kappa shape index (κ2) is 20.0. The molecule has 0 aliphatic carbocycles. The summed E-state index contributed by atoms with van der Waals surface area (Å²) in [6.45, 7) is 5.70. The van der Waals surface area contributed by atoms with Gasteiger partial charge in [-0.25, -0.2) is 4.39 Å². The number of hydrogen-bond donors (Lipinski definition) is 1. The van der Waals surface area contributed by atoms with Gasteiger partial charge in [-0.2, -0.15) is 0 Å². The van der Waals surface area contributed by atoms with Crippen LogP contribution in [0.5, 0.6) is 5.75 Å². The fourth-order valence-electron chi connectivity index (χ4n) is 4.89. The molecule has 2 aromatic rings. The maximum atomic E-state index is 14.5. The van der Waals surface area contributed by atoms with Gasteiger partial charge in [-0.05, 0) is 42.0 Å². The predicted octanol–water partition coefficient (Wildman–Crippen LogP) is 10.0. The molecule has 0 fully saturated rings. The number of unbranched alkanes of at least 4 members (excludes halogenated alkanes) is 11. The van der Waals surface area contributed by atoms with Crippen LogP contribution in [-0.4, -0.2) is 23.3 Å². The van der Waals surface area contributed by atoms with Crippen LogP contribution >= 0.6 is 28.7 Å². The van der Waals surface area contributed by atoms with Crippen molar-refractivity contribution in [3.05, 3.63) is 70.5 Å². The van der Waals surface area contributed by atoms with E-state index in [2.05, 4.69) is 30.3 Å². The van der Waals surface area contributed by atoms with E-state index in [4.69, 9.17) is 4.74 Å². The van der Waals surface area contributed by atoms with Gasteiger partial charge in [0.15, 0.2) is 11.6 Å². The zero-order valence-corrected chi connectivity index (χ0v) is 26.9. The highest BCUT2D eigenvalue weighted by molar-refractivity contribution is 8.93. The summed E-state index contributed by atoms with van der Waals surface area (Å²) in [5.41, 5.74) is 2.51. The van der Waals surface area contributed by atoms with Crippen LogP contribution in [0.2, 0.25) is 0 Å². The molecule has 4 nitrogen and oxygen atoms in total. The highest BCUT2D eigenvalue weighted by Crippen LogP contribution is 2.27. The molecule has 1 amide bonds. The van der Waals surface area contributed by atoms with Crippen LogP contribution in [0.25, 0.3) is 0 Å². The summed E-state index contributed by atoms with van der Waals surface area (Å²) in [6.07, 6.45) is 17.5. The quantitative estimate of drug-likeness (QED) is 0.156. The minimum absolute atomic E-state index is 0. The van der Waals surface area contributed by atoms with Gasteiger partial charge in [0.2, 0.25) is 5.91 Å². The maximum absolute atomic E-state index is 14.5. The molecule has 1 heterocycles. The molecule has 3 rings (SSSR count). The number of rotatable bonds is 19. The zero-order chi connectivity index (χ0) is 27.7. The van der Waals surface area contributed by atoms with Gasteiger partial charge >= 0.3 is 0 Å². The molecule has 0 atom stereocenters. The fourth-order valence-corrected chi connectivity index (χ4v) is 5.64.